The number of carboxylic acids is 1. The molecule has 0 spiro atoms. The van der Waals surface area contributed by atoms with E-state index in [2.05, 4.69) is 155 Å². The van der Waals surface area contributed by atoms with Crippen LogP contribution in [-0.2, 0) is 10.8 Å². The van der Waals surface area contributed by atoms with Gasteiger partial charge < -0.3 is 19.7 Å². The zero-order valence-electron chi connectivity index (χ0n) is 42.9. The second-order valence-corrected chi connectivity index (χ2v) is 24.4. The van der Waals surface area contributed by atoms with Crippen LogP contribution in [0.15, 0.2) is 119 Å². The van der Waals surface area contributed by atoms with Crippen molar-refractivity contribution in [2.24, 2.45) is 15.8 Å². The molecule has 8 aromatic carbocycles. The highest BCUT2D eigenvalue weighted by atomic mass is 79.9. The fourth-order valence-corrected chi connectivity index (χ4v) is 11.7. The number of ether oxygens (including phenoxy) is 2. The third-order valence-electron chi connectivity index (χ3n) is 13.6. The van der Waals surface area contributed by atoms with Crippen LogP contribution in [-0.4, -0.2) is 22.1 Å². The highest BCUT2D eigenvalue weighted by molar-refractivity contribution is 9.10. The number of fused-ring (bicyclic) bond motifs is 2. The van der Waals surface area contributed by atoms with E-state index in [-0.39, 0.29) is 50.5 Å². The molecule has 8 aromatic rings. The molecule has 0 atom stereocenters. The van der Waals surface area contributed by atoms with E-state index in [9.17, 15) is 15.0 Å². The number of carbonyl (C=O) groups is 1. The molecule has 0 aromatic heterocycles. The fourth-order valence-electron chi connectivity index (χ4n) is 11.3. The van der Waals surface area contributed by atoms with E-state index in [4.69, 9.17) is 14.5 Å². The Morgan fingerprint density at radius 1 is 0.536 bits per heavy atom. The van der Waals surface area contributed by atoms with Crippen molar-refractivity contribution in [3.05, 3.63) is 147 Å². The monoisotopic (exact) mass is 985 g/mol. The molecule has 0 fully saturated rings. The molecule has 0 bridgehead atoms. The molecule has 358 valence electrons. The molecule has 69 heavy (non-hydrogen) atoms. The number of para-hydroxylation sites is 1. The number of benzene rings is 8. The Balaban J connectivity index is 1.47. The van der Waals surface area contributed by atoms with Crippen molar-refractivity contribution in [1.29, 1.82) is 0 Å². The molecule has 0 aliphatic heterocycles. The standard InChI is InChI=1S/C62H68BrNO5/c1-35(2)41-17-15-18-42(36(3)4)56(41)64-57(65)46-31-49(68-39-25-21-37(22-26-39)61(11,12)33-59(5,6)7)53-44-20-16-19-43-48(63)30-29-45(51(43)44)54-50(32-47(58(66)67)52(46)55(53)54)69-40-27-23-38(24-28-40)62(13,14)34-60(8,9)10/h15-32,35-36H,33-34H2,1-14H3,(H,64,65)(H,66,67). The highest BCUT2D eigenvalue weighted by Gasteiger charge is 2.31. The smallest absolute Gasteiger partial charge is 0.336 e. The number of carboxylic acid groups (broad SMARTS) is 1. The minimum absolute atomic E-state index is 0.0318. The van der Waals surface area contributed by atoms with Gasteiger partial charge in [-0.05, 0) is 133 Å². The van der Waals surface area contributed by atoms with Gasteiger partial charge in [-0.25, -0.2) is 9.79 Å². The summed E-state index contributed by atoms with van der Waals surface area (Å²) in [6.07, 6.45) is 1.98. The summed E-state index contributed by atoms with van der Waals surface area (Å²) in [4.78, 5) is 18.9. The van der Waals surface area contributed by atoms with Crippen molar-refractivity contribution in [3.63, 3.8) is 0 Å². The lowest BCUT2D eigenvalue weighted by molar-refractivity contribution is 0.0698. The molecule has 0 heterocycles. The van der Waals surface area contributed by atoms with Crippen molar-refractivity contribution in [1.82, 2.24) is 0 Å². The second-order valence-electron chi connectivity index (χ2n) is 23.5. The third kappa shape index (κ3) is 9.82. The van der Waals surface area contributed by atoms with Gasteiger partial charge in [0, 0.05) is 31.6 Å². The average Bonchev–Trinajstić information content (AvgIpc) is 3.25. The maximum Gasteiger partial charge on any atom is 0.336 e. The van der Waals surface area contributed by atoms with Crippen LogP contribution in [0.1, 0.15) is 160 Å². The summed E-state index contributed by atoms with van der Waals surface area (Å²) in [6, 6.07) is 36.2. The number of aliphatic imine (C=N–C) groups is 1. The zero-order valence-corrected chi connectivity index (χ0v) is 44.5. The van der Waals surface area contributed by atoms with E-state index < -0.39 is 5.97 Å². The molecule has 0 saturated heterocycles. The summed E-state index contributed by atoms with van der Waals surface area (Å²) in [7, 11) is 0. The summed E-state index contributed by atoms with van der Waals surface area (Å²) < 4.78 is 14.9. The first kappa shape index (κ1) is 49.5. The molecular weight excluding hydrogens is 919 g/mol. The van der Waals surface area contributed by atoms with Gasteiger partial charge in [0.05, 0.1) is 11.3 Å². The van der Waals surface area contributed by atoms with Gasteiger partial charge in [0.25, 0.3) is 0 Å². The number of aliphatic hydroxyl groups is 1. The SMILES string of the molecule is CC(C)c1cccc(C(C)C)c1N=C(O)c1cc(Oc2ccc(C(C)(C)CC(C)(C)C)cc2)c2c3cccc4c(Br)ccc(c5c(Oc6ccc(C(C)(C)CC(C)(C)C)cc6)cc(C(=O)O)c1c52)c43. The van der Waals surface area contributed by atoms with Crippen molar-refractivity contribution in [3.8, 4) is 23.0 Å². The van der Waals surface area contributed by atoms with Gasteiger partial charge in [0.1, 0.15) is 23.0 Å². The lowest BCUT2D eigenvalue weighted by Gasteiger charge is -2.33. The average molecular weight is 987 g/mol. The largest absolute Gasteiger partial charge is 0.493 e. The van der Waals surface area contributed by atoms with Gasteiger partial charge >= 0.3 is 5.97 Å². The fraction of sp³-hybridized carbons (Fsp3) is 0.355. The second kappa shape index (κ2) is 18.1. The van der Waals surface area contributed by atoms with Gasteiger partial charge in [-0.15, -0.1) is 0 Å². The first-order valence-corrected chi connectivity index (χ1v) is 25.1. The Morgan fingerprint density at radius 3 is 1.42 bits per heavy atom. The Bertz CT molecular complexity index is 3220. The molecule has 0 radical (unpaired) electrons. The molecule has 0 aliphatic carbocycles. The van der Waals surface area contributed by atoms with Crippen LogP contribution >= 0.6 is 15.9 Å². The van der Waals surface area contributed by atoms with Gasteiger partial charge in [0.2, 0.25) is 5.90 Å². The van der Waals surface area contributed by atoms with E-state index in [1.807, 2.05) is 54.6 Å². The van der Waals surface area contributed by atoms with Crippen molar-refractivity contribution in [2.75, 3.05) is 0 Å². The minimum Gasteiger partial charge on any atom is -0.493 e. The van der Waals surface area contributed by atoms with E-state index in [0.717, 1.165) is 50.0 Å². The van der Waals surface area contributed by atoms with E-state index >= 15 is 0 Å². The third-order valence-corrected chi connectivity index (χ3v) is 14.3. The van der Waals surface area contributed by atoms with Crippen LogP contribution in [0.25, 0.3) is 43.1 Å². The van der Waals surface area contributed by atoms with Crippen molar-refractivity contribution in [2.45, 2.75) is 132 Å². The predicted molar refractivity (Wildman–Crippen MR) is 293 cm³/mol. The maximum absolute atomic E-state index is 13.9. The van der Waals surface area contributed by atoms with Crippen LogP contribution in [0.3, 0.4) is 0 Å². The van der Waals surface area contributed by atoms with Crippen molar-refractivity contribution < 1.29 is 24.5 Å². The first-order valence-electron chi connectivity index (χ1n) is 24.4. The molecule has 7 heteroatoms. The van der Waals surface area contributed by atoms with E-state index in [1.54, 1.807) is 12.1 Å². The van der Waals surface area contributed by atoms with Crippen LogP contribution in [0.4, 0.5) is 5.69 Å². The predicted octanol–water partition coefficient (Wildman–Crippen LogP) is 19.1. The minimum atomic E-state index is -1.17. The molecule has 8 rings (SSSR count). The number of aliphatic hydroxyl groups excluding tert-OH is 1. The number of nitrogens with zero attached hydrogens (tertiary/aromatic N) is 1. The maximum atomic E-state index is 13.9. The van der Waals surface area contributed by atoms with Crippen LogP contribution in [0.2, 0.25) is 0 Å². The van der Waals surface area contributed by atoms with Gasteiger partial charge in [-0.2, -0.15) is 0 Å². The Hall–Kier alpha value is -5.92. The lowest BCUT2D eigenvalue weighted by Crippen LogP contribution is -2.24. The van der Waals surface area contributed by atoms with E-state index in [0.29, 0.717) is 50.2 Å². The Morgan fingerprint density at radius 2 is 0.971 bits per heavy atom. The van der Waals surface area contributed by atoms with Crippen molar-refractivity contribution >= 4 is 76.6 Å². The van der Waals surface area contributed by atoms with Gasteiger partial charge in [0.15, 0.2) is 0 Å². The Labute approximate surface area is 417 Å². The summed E-state index contributed by atoms with van der Waals surface area (Å²) in [5.74, 6) is 0.721. The Kier molecular flexibility index (Phi) is 13.0. The molecule has 2 N–H and O–H groups in total. The van der Waals surface area contributed by atoms with Crippen LogP contribution in [0.5, 0.6) is 23.0 Å². The lowest BCUT2D eigenvalue weighted by atomic mass is 9.72. The summed E-state index contributed by atoms with van der Waals surface area (Å²) in [6.45, 7) is 31.1. The number of aromatic carboxylic acids is 1. The number of rotatable bonds is 13. The first-order chi connectivity index (χ1) is 32.2. The number of hydrogen-bond acceptors (Lipinski definition) is 4. The topological polar surface area (TPSA) is 88.4 Å². The normalized spacial score (nSPS) is 13.2. The molecule has 6 nitrogen and oxygen atoms in total. The summed E-state index contributed by atoms with van der Waals surface area (Å²) >= 11 is 3.86. The molecule has 0 aliphatic rings. The van der Waals surface area contributed by atoms with Crippen LogP contribution in [0, 0.1) is 10.8 Å². The van der Waals surface area contributed by atoms with Gasteiger partial charge in [-0.3, -0.25) is 0 Å². The summed E-state index contributed by atoms with van der Waals surface area (Å²) in [5, 5.41) is 30.0. The van der Waals surface area contributed by atoms with Crippen LogP contribution < -0.4 is 9.47 Å². The molecule has 0 amide bonds. The highest BCUT2D eigenvalue weighted by Crippen LogP contribution is 2.52. The number of halogens is 1. The summed E-state index contributed by atoms with van der Waals surface area (Å²) in [5.41, 5.74) is 5.31. The number of hydrogen-bond donors (Lipinski definition) is 2. The zero-order chi connectivity index (χ0) is 50.1. The molecule has 0 unspecified atom stereocenters. The quantitative estimate of drug-likeness (QED) is 0.0520. The molecular formula is C62H68BrNO5. The van der Waals surface area contributed by atoms with E-state index in [1.165, 1.54) is 11.1 Å². The molecule has 0 saturated carbocycles. The van der Waals surface area contributed by atoms with Gasteiger partial charge in [-0.1, -0.05) is 180 Å².